The Morgan fingerprint density at radius 2 is 1.73 bits per heavy atom. The van der Waals surface area contributed by atoms with Gasteiger partial charge >= 0.3 is 5.63 Å². The molecule has 0 aliphatic carbocycles. The minimum atomic E-state index is -0.326. The number of fused-ring (bicyclic) bond motifs is 1. The van der Waals surface area contributed by atoms with Crippen LogP contribution in [0.2, 0.25) is 0 Å². The highest BCUT2D eigenvalue weighted by atomic mass is 32.2. The molecule has 0 amide bonds. The van der Waals surface area contributed by atoms with Gasteiger partial charge in [0.2, 0.25) is 0 Å². The molecule has 3 rings (SSSR count). The monoisotopic (exact) mass is 369 g/mol. The number of aliphatic hydroxyl groups excluding tert-OH is 1. The van der Waals surface area contributed by atoms with E-state index in [1.165, 1.54) is 16.5 Å². The van der Waals surface area contributed by atoms with E-state index in [1.54, 1.807) is 11.8 Å². The molecular weight excluding hydrogens is 346 g/mol. The smallest absolute Gasteiger partial charge is 0.336 e. The molecule has 1 aromatic heterocycles. The maximum absolute atomic E-state index is 11.6. The second-order valence-electron chi connectivity index (χ2n) is 6.36. The molecule has 0 bridgehead atoms. The Bertz CT molecular complexity index is 934. The lowest BCUT2D eigenvalue weighted by Gasteiger charge is -2.22. The van der Waals surface area contributed by atoms with E-state index in [4.69, 9.17) is 4.42 Å². The highest BCUT2D eigenvalue weighted by Gasteiger charge is 2.09. The predicted molar refractivity (Wildman–Crippen MR) is 107 cm³/mol. The van der Waals surface area contributed by atoms with Gasteiger partial charge in [-0.3, -0.25) is 4.90 Å². The third kappa shape index (κ3) is 4.55. The van der Waals surface area contributed by atoms with Crippen molar-refractivity contribution in [3.05, 3.63) is 75.6 Å². The second kappa shape index (κ2) is 8.54. The molecule has 1 heterocycles. The molecule has 1 N–H and O–H groups in total. The van der Waals surface area contributed by atoms with Crippen LogP contribution in [0.25, 0.3) is 11.0 Å². The molecule has 4 nitrogen and oxygen atoms in total. The van der Waals surface area contributed by atoms with Crippen LogP contribution in [0.15, 0.2) is 62.6 Å². The van der Waals surface area contributed by atoms with E-state index in [0.29, 0.717) is 18.7 Å². The van der Waals surface area contributed by atoms with Gasteiger partial charge in [-0.25, -0.2) is 4.79 Å². The summed E-state index contributed by atoms with van der Waals surface area (Å²) in [6.07, 6.45) is 2.06. The number of rotatable bonds is 7. The van der Waals surface area contributed by atoms with Crippen molar-refractivity contribution < 1.29 is 9.52 Å². The van der Waals surface area contributed by atoms with E-state index in [-0.39, 0.29) is 12.2 Å². The first-order valence-corrected chi connectivity index (χ1v) is 9.81. The van der Waals surface area contributed by atoms with Crippen LogP contribution in [-0.4, -0.2) is 29.4 Å². The first-order chi connectivity index (χ1) is 12.6. The lowest BCUT2D eigenvalue weighted by atomic mass is 10.1. The number of benzene rings is 2. The van der Waals surface area contributed by atoms with Crippen molar-refractivity contribution in [2.75, 3.05) is 19.4 Å². The Labute approximate surface area is 157 Å². The molecule has 0 aliphatic rings. The Morgan fingerprint density at radius 3 is 2.42 bits per heavy atom. The van der Waals surface area contributed by atoms with E-state index in [2.05, 4.69) is 41.5 Å². The molecule has 0 aliphatic heterocycles. The zero-order valence-corrected chi connectivity index (χ0v) is 15.9. The maximum Gasteiger partial charge on any atom is 0.336 e. The summed E-state index contributed by atoms with van der Waals surface area (Å²) in [5.41, 5.74) is 3.47. The summed E-state index contributed by atoms with van der Waals surface area (Å²) in [5.74, 6) is 0. The van der Waals surface area contributed by atoms with Gasteiger partial charge in [0.25, 0.3) is 0 Å². The van der Waals surface area contributed by atoms with Crippen molar-refractivity contribution in [1.82, 2.24) is 4.90 Å². The van der Waals surface area contributed by atoms with Crippen molar-refractivity contribution in [3.8, 4) is 0 Å². The van der Waals surface area contributed by atoms with Crippen LogP contribution in [0.3, 0.4) is 0 Å². The number of aliphatic hydroxyl groups is 1. The zero-order valence-electron chi connectivity index (χ0n) is 15.1. The SMILES string of the molecule is CSc1ccc(CN(CCO)Cc2ccc3c(C)cc(=O)oc3c2)cc1. The maximum atomic E-state index is 11.6. The van der Waals surface area contributed by atoms with Crippen LogP contribution >= 0.6 is 11.8 Å². The molecule has 0 unspecified atom stereocenters. The Kier molecular flexibility index (Phi) is 6.14. The lowest BCUT2D eigenvalue weighted by molar-refractivity contribution is 0.184. The summed E-state index contributed by atoms with van der Waals surface area (Å²) in [7, 11) is 0. The second-order valence-corrected chi connectivity index (χ2v) is 7.24. The van der Waals surface area contributed by atoms with Gasteiger partial charge in [0.05, 0.1) is 6.61 Å². The highest BCUT2D eigenvalue weighted by Crippen LogP contribution is 2.20. The Morgan fingerprint density at radius 1 is 1.04 bits per heavy atom. The van der Waals surface area contributed by atoms with Crippen molar-refractivity contribution in [3.63, 3.8) is 0 Å². The number of nitrogens with zero attached hydrogens (tertiary/aromatic N) is 1. The van der Waals surface area contributed by atoms with Gasteiger partial charge < -0.3 is 9.52 Å². The van der Waals surface area contributed by atoms with Crippen molar-refractivity contribution in [2.24, 2.45) is 0 Å². The molecular formula is C21H23NO3S. The number of hydrogen-bond acceptors (Lipinski definition) is 5. The minimum Gasteiger partial charge on any atom is -0.423 e. The quantitative estimate of drug-likeness (QED) is 0.507. The summed E-state index contributed by atoms with van der Waals surface area (Å²) < 4.78 is 5.34. The predicted octanol–water partition coefficient (Wildman–Crippen LogP) is 3.82. The number of hydrogen-bond donors (Lipinski definition) is 1. The van der Waals surface area contributed by atoms with Crippen LogP contribution in [0.5, 0.6) is 0 Å². The van der Waals surface area contributed by atoms with Crippen LogP contribution < -0.4 is 5.63 Å². The summed E-state index contributed by atoms with van der Waals surface area (Å²) in [4.78, 5) is 15.0. The van der Waals surface area contributed by atoms with Gasteiger partial charge in [-0.15, -0.1) is 11.8 Å². The van der Waals surface area contributed by atoms with Gasteiger partial charge in [-0.05, 0) is 48.1 Å². The first-order valence-electron chi connectivity index (χ1n) is 8.58. The first kappa shape index (κ1) is 18.7. The average molecular weight is 369 g/mol. The number of thioether (sulfide) groups is 1. The topological polar surface area (TPSA) is 53.7 Å². The third-order valence-corrected chi connectivity index (χ3v) is 5.15. The third-order valence-electron chi connectivity index (χ3n) is 4.40. The average Bonchev–Trinajstić information content (AvgIpc) is 2.62. The molecule has 26 heavy (non-hydrogen) atoms. The van der Waals surface area contributed by atoms with Gasteiger partial charge in [0.1, 0.15) is 5.58 Å². The molecule has 0 radical (unpaired) electrons. The fourth-order valence-electron chi connectivity index (χ4n) is 3.07. The van der Waals surface area contributed by atoms with Crippen LogP contribution in [-0.2, 0) is 13.1 Å². The van der Waals surface area contributed by atoms with Crippen LogP contribution in [0, 0.1) is 6.92 Å². The fourth-order valence-corrected chi connectivity index (χ4v) is 3.48. The molecule has 0 spiro atoms. The molecule has 0 atom stereocenters. The molecule has 2 aromatic carbocycles. The van der Waals surface area contributed by atoms with Crippen molar-refractivity contribution >= 4 is 22.7 Å². The molecule has 5 heteroatoms. The normalized spacial score (nSPS) is 11.4. The van der Waals surface area contributed by atoms with Crippen molar-refractivity contribution in [1.29, 1.82) is 0 Å². The molecule has 136 valence electrons. The van der Waals surface area contributed by atoms with Crippen LogP contribution in [0.1, 0.15) is 16.7 Å². The van der Waals surface area contributed by atoms with Crippen molar-refractivity contribution in [2.45, 2.75) is 24.9 Å². The Balaban J connectivity index is 1.80. The van der Waals surface area contributed by atoms with Gasteiger partial charge in [0.15, 0.2) is 0 Å². The summed E-state index contributed by atoms with van der Waals surface area (Å²) in [5, 5.41) is 10.4. The van der Waals surface area contributed by atoms with E-state index in [0.717, 1.165) is 23.1 Å². The van der Waals surface area contributed by atoms with Gasteiger partial charge in [-0.1, -0.05) is 24.3 Å². The number of aryl methyl sites for hydroxylation is 1. The summed E-state index contributed by atoms with van der Waals surface area (Å²) >= 11 is 1.72. The van der Waals surface area contributed by atoms with E-state index in [1.807, 2.05) is 19.1 Å². The van der Waals surface area contributed by atoms with Gasteiger partial charge in [-0.2, -0.15) is 0 Å². The molecule has 0 fully saturated rings. The highest BCUT2D eigenvalue weighted by molar-refractivity contribution is 7.98. The van der Waals surface area contributed by atoms with Gasteiger partial charge in [0, 0.05) is 36.0 Å². The molecule has 3 aromatic rings. The molecule has 0 saturated carbocycles. The van der Waals surface area contributed by atoms with E-state index in [9.17, 15) is 9.90 Å². The van der Waals surface area contributed by atoms with E-state index < -0.39 is 0 Å². The van der Waals surface area contributed by atoms with Crippen LogP contribution in [0.4, 0.5) is 0 Å². The molecule has 0 saturated heterocycles. The Hall–Kier alpha value is -2.08. The minimum absolute atomic E-state index is 0.102. The standard InChI is InChI=1S/C21H23NO3S/c1-15-11-21(24)25-20-12-17(5-8-19(15)20)14-22(9-10-23)13-16-3-6-18(26-2)7-4-16/h3-8,11-12,23H,9-10,13-14H2,1-2H3. The zero-order chi connectivity index (χ0) is 18.5. The lowest BCUT2D eigenvalue weighted by Crippen LogP contribution is -2.26. The largest absolute Gasteiger partial charge is 0.423 e. The summed E-state index contributed by atoms with van der Waals surface area (Å²) in [6, 6.07) is 16.0. The van der Waals surface area contributed by atoms with E-state index >= 15 is 0 Å². The fraction of sp³-hybridized carbons (Fsp3) is 0.286. The summed E-state index contributed by atoms with van der Waals surface area (Å²) in [6.45, 7) is 4.03.